The van der Waals surface area contributed by atoms with Gasteiger partial charge in [0, 0.05) is 11.6 Å². The van der Waals surface area contributed by atoms with Crippen LogP contribution in [0.5, 0.6) is 11.5 Å². The smallest absolute Gasteiger partial charge is 0.313 e. The fourth-order valence-electron chi connectivity index (χ4n) is 1.84. The molecule has 114 valence electrons. The SMILES string of the molecule is CCOc1cccc([C@H](N)C(C)(C)C(=O)OC)c1O.Cl. The number of aromatic hydroxyl groups is 1. The number of nitrogens with two attached hydrogens (primary N) is 1. The Morgan fingerprint density at radius 2 is 2.05 bits per heavy atom. The number of rotatable bonds is 5. The molecule has 0 bridgehead atoms. The van der Waals surface area contributed by atoms with Crippen LogP contribution in [-0.2, 0) is 9.53 Å². The molecule has 20 heavy (non-hydrogen) atoms. The lowest BCUT2D eigenvalue weighted by Gasteiger charge is -2.29. The molecular formula is C14H22ClNO4. The minimum Gasteiger partial charge on any atom is -0.504 e. The number of ether oxygens (including phenoxy) is 2. The number of phenols is 1. The third-order valence-electron chi connectivity index (χ3n) is 3.15. The molecule has 1 atom stereocenters. The summed E-state index contributed by atoms with van der Waals surface area (Å²) in [5, 5.41) is 10.2. The summed E-state index contributed by atoms with van der Waals surface area (Å²) in [6, 6.07) is 4.36. The highest BCUT2D eigenvalue weighted by molar-refractivity contribution is 5.85. The van der Waals surface area contributed by atoms with Crippen molar-refractivity contribution in [3.63, 3.8) is 0 Å². The van der Waals surface area contributed by atoms with Gasteiger partial charge in [-0.2, -0.15) is 0 Å². The first-order valence-electron chi connectivity index (χ1n) is 6.14. The second-order valence-corrected chi connectivity index (χ2v) is 4.82. The zero-order valence-electron chi connectivity index (χ0n) is 12.2. The Hall–Kier alpha value is -1.46. The Bertz CT molecular complexity index is 462. The minimum absolute atomic E-state index is 0. The van der Waals surface area contributed by atoms with Crippen LogP contribution >= 0.6 is 12.4 Å². The third kappa shape index (κ3) is 3.55. The van der Waals surface area contributed by atoms with Crippen LogP contribution in [0.1, 0.15) is 32.4 Å². The molecule has 1 aromatic carbocycles. The normalized spacial score (nSPS) is 12.2. The van der Waals surface area contributed by atoms with Gasteiger partial charge in [0.2, 0.25) is 0 Å². The van der Waals surface area contributed by atoms with Crippen LogP contribution in [0.2, 0.25) is 0 Å². The van der Waals surface area contributed by atoms with E-state index in [-0.39, 0.29) is 18.2 Å². The molecule has 0 heterocycles. The number of halogens is 1. The van der Waals surface area contributed by atoms with Crippen LogP contribution in [0.3, 0.4) is 0 Å². The summed E-state index contributed by atoms with van der Waals surface area (Å²) >= 11 is 0. The van der Waals surface area contributed by atoms with Crippen LogP contribution in [0.4, 0.5) is 0 Å². The first kappa shape index (κ1) is 18.5. The van der Waals surface area contributed by atoms with Gasteiger partial charge in [0.15, 0.2) is 11.5 Å². The standard InChI is InChI=1S/C14H21NO4.ClH/c1-5-19-10-8-6-7-9(11(10)16)12(15)14(2,3)13(17)18-4;/h6-8,12,16H,5,15H2,1-4H3;1H/t12-;/m0./s1. The first-order valence-corrected chi connectivity index (χ1v) is 6.14. The van der Waals surface area contributed by atoms with Crippen molar-refractivity contribution in [2.75, 3.05) is 13.7 Å². The Morgan fingerprint density at radius 1 is 1.45 bits per heavy atom. The molecule has 0 aliphatic carbocycles. The Morgan fingerprint density at radius 3 is 2.55 bits per heavy atom. The molecule has 6 heteroatoms. The largest absolute Gasteiger partial charge is 0.504 e. The van der Waals surface area contributed by atoms with Gasteiger partial charge in [0.25, 0.3) is 0 Å². The molecule has 0 saturated carbocycles. The van der Waals surface area contributed by atoms with Crippen molar-refractivity contribution in [2.24, 2.45) is 11.1 Å². The molecular weight excluding hydrogens is 282 g/mol. The fraction of sp³-hybridized carbons (Fsp3) is 0.500. The molecule has 0 aliphatic heterocycles. The maximum Gasteiger partial charge on any atom is 0.313 e. The summed E-state index contributed by atoms with van der Waals surface area (Å²) in [7, 11) is 1.31. The van der Waals surface area contributed by atoms with Gasteiger partial charge in [-0.3, -0.25) is 4.79 Å². The monoisotopic (exact) mass is 303 g/mol. The number of carbonyl (C=O) groups is 1. The van der Waals surface area contributed by atoms with E-state index in [1.807, 2.05) is 6.92 Å². The van der Waals surface area contributed by atoms with Crippen molar-refractivity contribution in [1.29, 1.82) is 0 Å². The summed E-state index contributed by atoms with van der Waals surface area (Å²) in [4.78, 5) is 11.8. The van der Waals surface area contributed by atoms with Crippen LogP contribution in [-0.4, -0.2) is 24.8 Å². The predicted octanol–water partition coefficient (Wildman–Crippen LogP) is 2.41. The molecule has 0 fully saturated rings. The van der Waals surface area contributed by atoms with Crippen molar-refractivity contribution in [1.82, 2.24) is 0 Å². The molecule has 0 unspecified atom stereocenters. The molecule has 0 saturated heterocycles. The average Bonchev–Trinajstić information content (AvgIpc) is 2.39. The Labute approximate surface area is 125 Å². The highest BCUT2D eigenvalue weighted by atomic mass is 35.5. The van der Waals surface area contributed by atoms with E-state index < -0.39 is 17.4 Å². The highest BCUT2D eigenvalue weighted by Gasteiger charge is 2.38. The molecule has 0 radical (unpaired) electrons. The molecule has 0 amide bonds. The second-order valence-electron chi connectivity index (χ2n) is 4.82. The van der Waals surface area contributed by atoms with Crippen LogP contribution in [0.15, 0.2) is 18.2 Å². The number of benzene rings is 1. The zero-order chi connectivity index (χ0) is 14.6. The summed E-state index contributed by atoms with van der Waals surface area (Å²) in [6.07, 6.45) is 0. The van der Waals surface area contributed by atoms with Gasteiger partial charge in [-0.15, -0.1) is 12.4 Å². The average molecular weight is 304 g/mol. The van der Waals surface area contributed by atoms with Gasteiger partial charge in [0.1, 0.15) is 0 Å². The maximum absolute atomic E-state index is 11.8. The fourth-order valence-corrected chi connectivity index (χ4v) is 1.84. The molecule has 3 N–H and O–H groups in total. The van der Waals surface area contributed by atoms with Crippen molar-refractivity contribution >= 4 is 18.4 Å². The number of hydrogen-bond acceptors (Lipinski definition) is 5. The van der Waals surface area contributed by atoms with E-state index in [0.29, 0.717) is 17.9 Å². The van der Waals surface area contributed by atoms with Gasteiger partial charge in [0.05, 0.1) is 19.1 Å². The number of esters is 1. The van der Waals surface area contributed by atoms with E-state index in [1.54, 1.807) is 32.0 Å². The summed E-state index contributed by atoms with van der Waals surface area (Å²) in [6.45, 7) is 5.61. The molecule has 0 aromatic heterocycles. The predicted molar refractivity (Wildman–Crippen MR) is 79.2 cm³/mol. The number of hydrogen-bond donors (Lipinski definition) is 2. The summed E-state index contributed by atoms with van der Waals surface area (Å²) in [5.41, 5.74) is 5.61. The molecule has 1 aromatic rings. The summed E-state index contributed by atoms with van der Waals surface area (Å²) < 4.78 is 10.0. The van der Waals surface area contributed by atoms with E-state index >= 15 is 0 Å². The Balaban J connectivity index is 0.00000361. The lowest BCUT2D eigenvalue weighted by Crippen LogP contribution is -2.37. The van der Waals surface area contributed by atoms with E-state index in [9.17, 15) is 9.90 Å². The second kappa shape index (κ2) is 7.36. The molecule has 5 nitrogen and oxygen atoms in total. The van der Waals surface area contributed by atoms with E-state index in [4.69, 9.17) is 15.2 Å². The van der Waals surface area contributed by atoms with Gasteiger partial charge in [-0.1, -0.05) is 12.1 Å². The van der Waals surface area contributed by atoms with Crippen molar-refractivity contribution in [3.05, 3.63) is 23.8 Å². The lowest BCUT2D eigenvalue weighted by molar-refractivity contribution is -0.152. The Kier molecular flexibility index (Phi) is 6.82. The number of methoxy groups -OCH3 is 1. The van der Waals surface area contributed by atoms with Crippen molar-refractivity contribution in [3.8, 4) is 11.5 Å². The van der Waals surface area contributed by atoms with Gasteiger partial charge < -0.3 is 20.3 Å². The zero-order valence-corrected chi connectivity index (χ0v) is 13.0. The van der Waals surface area contributed by atoms with Crippen molar-refractivity contribution < 1.29 is 19.4 Å². The number of carbonyl (C=O) groups excluding carboxylic acids is 1. The number of phenolic OH excluding ortho intramolecular Hbond substituents is 1. The quantitative estimate of drug-likeness (QED) is 0.816. The topological polar surface area (TPSA) is 81.8 Å². The van der Waals surface area contributed by atoms with Crippen LogP contribution in [0.25, 0.3) is 0 Å². The highest BCUT2D eigenvalue weighted by Crippen LogP contribution is 2.40. The number of para-hydroxylation sites is 1. The molecule has 0 spiro atoms. The first-order chi connectivity index (χ1) is 8.86. The van der Waals surface area contributed by atoms with Crippen LogP contribution < -0.4 is 10.5 Å². The van der Waals surface area contributed by atoms with E-state index in [0.717, 1.165) is 0 Å². The van der Waals surface area contributed by atoms with E-state index in [2.05, 4.69) is 0 Å². The minimum atomic E-state index is -0.947. The molecule has 0 aliphatic rings. The maximum atomic E-state index is 11.8. The van der Waals surface area contributed by atoms with Crippen LogP contribution in [0, 0.1) is 5.41 Å². The molecule has 1 rings (SSSR count). The van der Waals surface area contributed by atoms with E-state index in [1.165, 1.54) is 7.11 Å². The lowest BCUT2D eigenvalue weighted by atomic mass is 9.80. The third-order valence-corrected chi connectivity index (χ3v) is 3.15. The van der Waals surface area contributed by atoms with Gasteiger partial charge in [-0.05, 0) is 26.8 Å². The van der Waals surface area contributed by atoms with Gasteiger partial charge >= 0.3 is 5.97 Å². The summed E-state index contributed by atoms with van der Waals surface area (Å²) in [5.74, 6) is -0.105. The van der Waals surface area contributed by atoms with Gasteiger partial charge in [-0.25, -0.2) is 0 Å². The van der Waals surface area contributed by atoms with Crippen molar-refractivity contribution in [2.45, 2.75) is 26.8 Å².